The average molecular weight is 320 g/mol. The van der Waals surface area contributed by atoms with E-state index in [0.29, 0.717) is 22.5 Å². The molecule has 0 atom stereocenters. The minimum absolute atomic E-state index is 0.219. The summed E-state index contributed by atoms with van der Waals surface area (Å²) in [6.45, 7) is 4.12. The van der Waals surface area contributed by atoms with Gasteiger partial charge < -0.3 is 9.47 Å². The van der Waals surface area contributed by atoms with Crippen molar-refractivity contribution in [1.82, 2.24) is 15.0 Å². The molecule has 0 aliphatic carbocycles. The molecular weight excluding hydrogens is 310 g/mol. The Bertz CT molecular complexity index is 878. The van der Waals surface area contributed by atoms with E-state index in [0.717, 1.165) is 26.5 Å². The molecule has 0 bridgehead atoms. The predicted octanol–water partition coefficient (Wildman–Crippen LogP) is 3.75. The van der Waals surface area contributed by atoms with Gasteiger partial charge in [0.1, 0.15) is 5.15 Å². The van der Waals surface area contributed by atoms with E-state index in [1.54, 1.807) is 11.3 Å². The molecule has 0 radical (unpaired) electrons. The molecule has 0 saturated heterocycles. The van der Waals surface area contributed by atoms with Gasteiger partial charge in [-0.15, -0.1) is 11.3 Å². The Kier molecular flexibility index (Phi) is 2.77. The zero-order valence-corrected chi connectivity index (χ0v) is 12.9. The first kappa shape index (κ1) is 12.8. The first-order chi connectivity index (χ1) is 10.1. The lowest BCUT2D eigenvalue weighted by molar-refractivity contribution is 0.174. The van der Waals surface area contributed by atoms with Crippen molar-refractivity contribution in [3.05, 3.63) is 28.0 Å². The van der Waals surface area contributed by atoms with Gasteiger partial charge in [-0.1, -0.05) is 11.6 Å². The molecule has 21 heavy (non-hydrogen) atoms. The fourth-order valence-electron chi connectivity index (χ4n) is 2.32. The van der Waals surface area contributed by atoms with Crippen molar-refractivity contribution in [3.63, 3.8) is 0 Å². The maximum atomic E-state index is 6.31. The lowest BCUT2D eigenvalue weighted by Gasteiger charge is -2.05. The van der Waals surface area contributed by atoms with Crippen LogP contribution in [0.3, 0.4) is 0 Å². The van der Waals surface area contributed by atoms with Crippen LogP contribution in [0.25, 0.3) is 21.6 Å². The Labute approximate surface area is 129 Å². The number of nitrogens with zero attached hydrogens (tertiary/aromatic N) is 3. The van der Waals surface area contributed by atoms with Crippen LogP contribution in [0, 0.1) is 13.8 Å². The number of hydrogen-bond donors (Lipinski definition) is 0. The molecule has 5 nitrogen and oxygen atoms in total. The Morgan fingerprint density at radius 1 is 1.10 bits per heavy atom. The second kappa shape index (κ2) is 4.54. The van der Waals surface area contributed by atoms with Gasteiger partial charge in [0.2, 0.25) is 6.79 Å². The third-order valence-electron chi connectivity index (χ3n) is 3.25. The highest BCUT2D eigenvalue weighted by Crippen LogP contribution is 2.38. The highest BCUT2D eigenvalue weighted by Gasteiger charge is 2.19. The van der Waals surface area contributed by atoms with E-state index in [1.165, 1.54) is 0 Å². The van der Waals surface area contributed by atoms with E-state index in [4.69, 9.17) is 21.1 Å². The summed E-state index contributed by atoms with van der Waals surface area (Å²) >= 11 is 7.87. The Morgan fingerprint density at radius 3 is 2.57 bits per heavy atom. The zero-order chi connectivity index (χ0) is 14.6. The fraction of sp³-hybridized carbons (Fsp3) is 0.214. The third kappa shape index (κ3) is 2.02. The number of benzene rings is 1. The lowest BCUT2D eigenvalue weighted by atomic mass is 10.2. The number of fused-ring (bicyclic) bond motifs is 2. The molecule has 3 heterocycles. The Hall–Kier alpha value is -1.92. The van der Waals surface area contributed by atoms with Crippen molar-refractivity contribution in [2.24, 2.45) is 0 Å². The summed E-state index contributed by atoms with van der Waals surface area (Å²) in [5.41, 5.74) is 1.65. The smallest absolute Gasteiger partial charge is 0.231 e. The number of hydrogen-bond acceptors (Lipinski definition) is 6. The molecule has 7 heteroatoms. The predicted molar refractivity (Wildman–Crippen MR) is 81.3 cm³/mol. The van der Waals surface area contributed by atoms with Crippen molar-refractivity contribution in [3.8, 4) is 22.2 Å². The number of aromatic nitrogens is 3. The molecule has 3 aromatic rings. The van der Waals surface area contributed by atoms with Gasteiger partial charge in [-0.05, 0) is 19.9 Å². The van der Waals surface area contributed by atoms with Gasteiger partial charge in [0.25, 0.3) is 0 Å². The molecule has 106 valence electrons. The molecule has 0 saturated carbocycles. The number of halogens is 1. The summed E-state index contributed by atoms with van der Waals surface area (Å²) in [7, 11) is 0. The SMILES string of the molecule is Cc1nc(C)c(-c2nc(Cl)c3cc4c(cc3n2)OCO4)s1. The van der Waals surface area contributed by atoms with Gasteiger partial charge in [0.15, 0.2) is 17.3 Å². The number of aryl methyl sites for hydroxylation is 2. The van der Waals surface area contributed by atoms with E-state index in [9.17, 15) is 0 Å². The summed E-state index contributed by atoms with van der Waals surface area (Å²) in [5, 5.41) is 2.13. The summed E-state index contributed by atoms with van der Waals surface area (Å²) in [6.07, 6.45) is 0. The van der Waals surface area contributed by atoms with Crippen LogP contribution >= 0.6 is 22.9 Å². The highest BCUT2D eigenvalue weighted by atomic mass is 35.5. The third-order valence-corrected chi connectivity index (χ3v) is 4.61. The van der Waals surface area contributed by atoms with E-state index in [-0.39, 0.29) is 6.79 Å². The molecule has 0 spiro atoms. The van der Waals surface area contributed by atoms with Crippen LogP contribution in [0.4, 0.5) is 0 Å². The molecule has 0 unspecified atom stereocenters. The second-order valence-corrected chi connectivity index (χ2v) is 6.27. The summed E-state index contributed by atoms with van der Waals surface area (Å²) in [5.74, 6) is 1.94. The molecule has 4 rings (SSSR count). The van der Waals surface area contributed by atoms with E-state index >= 15 is 0 Å². The lowest BCUT2D eigenvalue weighted by Crippen LogP contribution is -1.92. The monoisotopic (exact) mass is 319 g/mol. The molecule has 1 aliphatic heterocycles. The molecule has 1 aliphatic rings. The molecular formula is C14H10ClN3O2S. The Morgan fingerprint density at radius 2 is 1.86 bits per heavy atom. The van der Waals surface area contributed by atoms with Crippen molar-refractivity contribution in [2.75, 3.05) is 6.79 Å². The second-order valence-electron chi connectivity index (χ2n) is 4.71. The molecule has 1 aromatic carbocycles. The van der Waals surface area contributed by atoms with E-state index in [2.05, 4.69) is 15.0 Å². The highest BCUT2D eigenvalue weighted by molar-refractivity contribution is 7.15. The number of rotatable bonds is 1. The average Bonchev–Trinajstić information content (AvgIpc) is 3.02. The largest absolute Gasteiger partial charge is 0.454 e. The maximum Gasteiger partial charge on any atom is 0.231 e. The first-order valence-electron chi connectivity index (χ1n) is 6.33. The zero-order valence-electron chi connectivity index (χ0n) is 11.3. The van der Waals surface area contributed by atoms with Gasteiger partial charge >= 0.3 is 0 Å². The van der Waals surface area contributed by atoms with Crippen LogP contribution in [-0.4, -0.2) is 21.7 Å². The van der Waals surface area contributed by atoms with Gasteiger partial charge in [-0.2, -0.15) is 0 Å². The number of thiazole rings is 1. The van der Waals surface area contributed by atoms with Crippen LogP contribution in [0.15, 0.2) is 12.1 Å². The van der Waals surface area contributed by atoms with Crippen molar-refractivity contribution >= 4 is 33.8 Å². The standard InChI is InChI=1S/C14H10ClN3O2S/c1-6-12(21-7(2)16-6)14-17-9-4-11-10(19-5-20-11)3-8(9)13(15)18-14/h3-4H,5H2,1-2H3. The Balaban J connectivity index is 1.96. The van der Waals surface area contributed by atoms with Crippen molar-refractivity contribution in [1.29, 1.82) is 0 Å². The van der Waals surface area contributed by atoms with Gasteiger partial charge in [0.05, 0.1) is 21.1 Å². The molecule has 2 aromatic heterocycles. The van der Waals surface area contributed by atoms with Crippen LogP contribution in [0.1, 0.15) is 10.7 Å². The van der Waals surface area contributed by atoms with Crippen molar-refractivity contribution < 1.29 is 9.47 Å². The molecule has 0 N–H and O–H groups in total. The van der Waals surface area contributed by atoms with Crippen LogP contribution < -0.4 is 9.47 Å². The van der Waals surface area contributed by atoms with Crippen LogP contribution in [0.5, 0.6) is 11.5 Å². The van der Waals surface area contributed by atoms with Gasteiger partial charge in [0, 0.05) is 11.5 Å². The van der Waals surface area contributed by atoms with Crippen LogP contribution in [-0.2, 0) is 0 Å². The quantitative estimate of drug-likeness (QED) is 0.639. The minimum atomic E-state index is 0.219. The topological polar surface area (TPSA) is 57.1 Å². The number of ether oxygens (including phenoxy) is 2. The van der Waals surface area contributed by atoms with E-state index in [1.807, 2.05) is 26.0 Å². The minimum Gasteiger partial charge on any atom is -0.454 e. The fourth-order valence-corrected chi connectivity index (χ4v) is 3.41. The van der Waals surface area contributed by atoms with Crippen molar-refractivity contribution in [2.45, 2.75) is 13.8 Å². The summed E-state index contributed by atoms with van der Waals surface area (Å²) in [6, 6.07) is 3.65. The van der Waals surface area contributed by atoms with Gasteiger partial charge in [-0.25, -0.2) is 15.0 Å². The first-order valence-corrected chi connectivity index (χ1v) is 7.52. The van der Waals surface area contributed by atoms with Crippen LogP contribution in [0.2, 0.25) is 5.15 Å². The van der Waals surface area contributed by atoms with Gasteiger partial charge in [-0.3, -0.25) is 0 Å². The normalized spacial score (nSPS) is 13.1. The summed E-state index contributed by atoms with van der Waals surface area (Å²) in [4.78, 5) is 14.3. The molecule has 0 fully saturated rings. The summed E-state index contributed by atoms with van der Waals surface area (Å²) < 4.78 is 10.7. The molecule has 0 amide bonds. The maximum absolute atomic E-state index is 6.31. The van der Waals surface area contributed by atoms with E-state index < -0.39 is 0 Å².